The molecule has 0 unspecified atom stereocenters. The Labute approximate surface area is 146 Å². The summed E-state index contributed by atoms with van der Waals surface area (Å²) < 4.78 is 7.83. The van der Waals surface area contributed by atoms with E-state index < -0.39 is 0 Å². The molecule has 0 radical (unpaired) electrons. The molecule has 0 amide bonds. The van der Waals surface area contributed by atoms with E-state index in [0.29, 0.717) is 30.1 Å². The van der Waals surface area contributed by atoms with Crippen molar-refractivity contribution in [3.05, 3.63) is 54.0 Å². The molecule has 1 saturated carbocycles. The van der Waals surface area contributed by atoms with Crippen molar-refractivity contribution in [2.45, 2.75) is 26.2 Å². The number of hydrogen-bond donors (Lipinski definition) is 0. The first-order chi connectivity index (χ1) is 12.1. The molecule has 2 atom stereocenters. The smallest absolute Gasteiger partial charge is 0.224 e. The maximum Gasteiger partial charge on any atom is 0.224 e. The van der Waals surface area contributed by atoms with Crippen LogP contribution in [0.3, 0.4) is 0 Å². The van der Waals surface area contributed by atoms with Gasteiger partial charge in [-0.2, -0.15) is 10.1 Å². The Bertz CT molecular complexity index is 887. The van der Waals surface area contributed by atoms with E-state index >= 15 is 0 Å². The average molecular weight is 335 g/mol. The van der Waals surface area contributed by atoms with Crippen LogP contribution in [0.5, 0.6) is 5.88 Å². The first-order valence-corrected chi connectivity index (χ1v) is 8.48. The maximum absolute atomic E-state index is 6.07. The number of nitrogens with zero attached hydrogens (tertiary/aromatic N) is 5. The van der Waals surface area contributed by atoms with E-state index in [-0.39, 0.29) is 0 Å². The van der Waals surface area contributed by atoms with Gasteiger partial charge in [0, 0.05) is 48.7 Å². The van der Waals surface area contributed by atoms with Gasteiger partial charge in [-0.1, -0.05) is 6.07 Å². The molecule has 128 valence electrons. The highest BCUT2D eigenvalue weighted by Crippen LogP contribution is 2.47. The molecular weight excluding hydrogens is 314 g/mol. The summed E-state index contributed by atoms with van der Waals surface area (Å²) in [6.45, 7) is 4.57. The van der Waals surface area contributed by atoms with E-state index in [4.69, 9.17) is 4.74 Å². The molecule has 4 rings (SSSR count). The highest BCUT2D eigenvalue weighted by Gasteiger charge is 2.40. The molecule has 6 heteroatoms. The summed E-state index contributed by atoms with van der Waals surface area (Å²) in [4.78, 5) is 13.3. The Morgan fingerprint density at radius 3 is 2.76 bits per heavy atom. The van der Waals surface area contributed by atoms with Crippen molar-refractivity contribution in [3.63, 3.8) is 0 Å². The van der Waals surface area contributed by atoms with E-state index in [1.807, 2.05) is 26.4 Å². The molecule has 0 aromatic carbocycles. The predicted molar refractivity (Wildman–Crippen MR) is 94.3 cm³/mol. The van der Waals surface area contributed by atoms with Gasteiger partial charge in [0.25, 0.3) is 0 Å². The summed E-state index contributed by atoms with van der Waals surface area (Å²) in [5.41, 5.74) is 4.19. The van der Waals surface area contributed by atoms with Crippen molar-refractivity contribution in [1.82, 2.24) is 24.7 Å². The van der Waals surface area contributed by atoms with Crippen LogP contribution in [0.25, 0.3) is 11.1 Å². The second-order valence-electron chi connectivity index (χ2n) is 6.71. The van der Waals surface area contributed by atoms with Crippen molar-refractivity contribution in [2.24, 2.45) is 13.0 Å². The van der Waals surface area contributed by atoms with Crippen LogP contribution >= 0.6 is 0 Å². The monoisotopic (exact) mass is 335 g/mol. The van der Waals surface area contributed by atoms with Gasteiger partial charge < -0.3 is 4.74 Å². The Morgan fingerprint density at radius 2 is 2.04 bits per heavy atom. The summed E-state index contributed by atoms with van der Waals surface area (Å²) in [7, 11) is 1.89. The summed E-state index contributed by atoms with van der Waals surface area (Å²) in [6.07, 6.45) is 8.59. The molecule has 25 heavy (non-hydrogen) atoms. The van der Waals surface area contributed by atoms with E-state index in [1.54, 1.807) is 17.1 Å². The molecule has 3 aromatic heterocycles. The fourth-order valence-corrected chi connectivity index (χ4v) is 3.00. The first kappa shape index (κ1) is 15.7. The molecular formula is C19H21N5O. The normalized spacial score (nSPS) is 19.0. The largest absolute Gasteiger partial charge is 0.477 e. The quantitative estimate of drug-likeness (QED) is 0.717. The third-order valence-corrected chi connectivity index (χ3v) is 4.56. The molecule has 3 heterocycles. The summed E-state index contributed by atoms with van der Waals surface area (Å²) in [5.74, 6) is 2.32. The summed E-state index contributed by atoms with van der Waals surface area (Å²) in [6, 6.07) is 4.24. The topological polar surface area (TPSA) is 65.7 Å². The van der Waals surface area contributed by atoms with Crippen LogP contribution in [0.15, 0.2) is 36.9 Å². The van der Waals surface area contributed by atoms with Crippen LogP contribution in [-0.4, -0.2) is 31.3 Å². The van der Waals surface area contributed by atoms with Gasteiger partial charge in [-0.05, 0) is 31.9 Å². The van der Waals surface area contributed by atoms with E-state index in [9.17, 15) is 0 Å². The number of aromatic nitrogens is 5. The molecule has 6 nitrogen and oxygen atoms in total. The van der Waals surface area contributed by atoms with Crippen LogP contribution < -0.4 is 4.74 Å². The minimum atomic E-state index is 0.491. The highest BCUT2D eigenvalue weighted by atomic mass is 16.5. The molecule has 0 spiro atoms. The standard InChI is InChI=1S/C19H21N5O/c1-12-4-5-18(21-7-12)16-6-14(16)11-25-19-17(9-20-13(2)23-19)15-8-22-24(3)10-15/h4-5,7-10,14,16H,6,11H2,1-3H3/t14-,16+/m1/s1. The number of rotatable bonds is 5. The second kappa shape index (κ2) is 6.27. The Hall–Kier alpha value is -2.76. The molecule has 0 saturated heterocycles. The first-order valence-electron chi connectivity index (χ1n) is 8.48. The van der Waals surface area contributed by atoms with Gasteiger partial charge >= 0.3 is 0 Å². The van der Waals surface area contributed by atoms with Gasteiger partial charge in [0.15, 0.2) is 0 Å². The lowest BCUT2D eigenvalue weighted by Gasteiger charge is -2.09. The molecule has 3 aromatic rings. The van der Waals surface area contributed by atoms with E-state index in [1.165, 1.54) is 5.56 Å². The van der Waals surface area contributed by atoms with Crippen molar-refractivity contribution < 1.29 is 4.74 Å². The summed E-state index contributed by atoms with van der Waals surface area (Å²) in [5, 5.41) is 4.22. The average Bonchev–Trinajstić information content (AvgIpc) is 3.25. The SMILES string of the molecule is Cc1ccc([C@H]2C[C@@H]2COc2nc(C)ncc2-c2cnn(C)c2)nc1. The minimum absolute atomic E-state index is 0.491. The van der Waals surface area contributed by atoms with Crippen LogP contribution in [0.2, 0.25) is 0 Å². The number of aryl methyl sites for hydroxylation is 3. The molecule has 0 aliphatic heterocycles. The number of hydrogen-bond acceptors (Lipinski definition) is 5. The molecule has 0 bridgehead atoms. The lowest BCUT2D eigenvalue weighted by Crippen LogP contribution is -2.05. The van der Waals surface area contributed by atoms with Gasteiger partial charge in [-0.15, -0.1) is 0 Å². The minimum Gasteiger partial charge on any atom is -0.477 e. The van der Waals surface area contributed by atoms with Gasteiger partial charge in [0.2, 0.25) is 5.88 Å². The van der Waals surface area contributed by atoms with Crippen LogP contribution in [0.1, 0.15) is 29.4 Å². The zero-order valence-corrected chi connectivity index (χ0v) is 14.7. The van der Waals surface area contributed by atoms with Crippen molar-refractivity contribution >= 4 is 0 Å². The highest BCUT2D eigenvalue weighted by molar-refractivity contribution is 5.66. The maximum atomic E-state index is 6.07. The molecule has 1 fully saturated rings. The third-order valence-electron chi connectivity index (χ3n) is 4.56. The van der Waals surface area contributed by atoms with Gasteiger partial charge in [-0.3, -0.25) is 9.67 Å². The predicted octanol–water partition coefficient (Wildman–Crippen LogP) is 3.07. The van der Waals surface area contributed by atoms with Crippen molar-refractivity contribution in [3.8, 4) is 17.0 Å². The zero-order valence-electron chi connectivity index (χ0n) is 14.7. The van der Waals surface area contributed by atoms with E-state index in [2.05, 4.69) is 39.1 Å². The Balaban J connectivity index is 1.47. The van der Waals surface area contributed by atoms with Crippen molar-refractivity contribution in [2.75, 3.05) is 6.61 Å². The lowest BCUT2D eigenvalue weighted by molar-refractivity contribution is 0.285. The number of pyridine rings is 1. The zero-order chi connectivity index (χ0) is 17.4. The summed E-state index contributed by atoms with van der Waals surface area (Å²) >= 11 is 0. The van der Waals surface area contributed by atoms with Gasteiger partial charge in [0.05, 0.1) is 18.4 Å². The van der Waals surface area contributed by atoms with Gasteiger partial charge in [-0.25, -0.2) is 4.98 Å². The van der Waals surface area contributed by atoms with Crippen molar-refractivity contribution in [1.29, 1.82) is 0 Å². The van der Waals surface area contributed by atoms with E-state index in [0.717, 1.165) is 23.2 Å². The lowest BCUT2D eigenvalue weighted by atomic mass is 10.2. The van der Waals surface area contributed by atoms with Gasteiger partial charge in [0.1, 0.15) is 5.82 Å². The Kier molecular flexibility index (Phi) is 3.95. The van der Waals surface area contributed by atoms with Crippen LogP contribution in [0, 0.1) is 19.8 Å². The fourth-order valence-electron chi connectivity index (χ4n) is 3.00. The Morgan fingerprint density at radius 1 is 1.16 bits per heavy atom. The molecule has 1 aliphatic carbocycles. The van der Waals surface area contributed by atoms with Crippen LogP contribution in [-0.2, 0) is 7.05 Å². The molecule has 0 N–H and O–H groups in total. The fraction of sp³-hybridized carbons (Fsp3) is 0.368. The second-order valence-corrected chi connectivity index (χ2v) is 6.71. The number of ether oxygens (including phenoxy) is 1. The molecule has 1 aliphatic rings. The van der Waals surface area contributed by atoms with Crippen LogP contribution in [0.4, 0.5) is 0 Å². The third kappa shape index (κ3) is 3.38.